The lowest BCUT2D eigenvalue weighted by molar-refractivity contribution is -0.137. The molecule has 1 aromatic heterocycles. The summed E-state index contributed by atoms with van der Waals surface area (Å²) >= 11 is 0. The first kappa shape index (κ1) is 14.7. The number of morpholine rings is 1. The number of hydrogen-bond donors (Lipinski definition) is 1. The van der Waals surface area contributed by atoms with Crippen molar-refractivity contribution in [1.82, 2.24) is 15.2 Å². The SMILES string of the molecule is CCNCc1ccc(OCC(=O)N2CCOCC2)cn1. The molecule has 2 rings (SSSR count). The maximum atomic E-state index is 11.9. The Morgan fingerprint density at radius 3 is 2.90 bits per heavy atom. The van der Waals surface area contributed by atoms with Crippen LogP contribution in [0, 0.1) is 0 Å². The molecule has 1 saturated heterocycles. The van der Waals surface area contributed by atoms with Crippen molar-refractivity contribution in [2.75, 3.05) is 39.5 Å². The average Bonchev–Trinajstić information content (AvgIpc) is 2.52. The smallest absolute Gasteiger partial charge is 0.260 e. The summed E-state index contributed by atoms with van der Waals surface area (Å²) in [5.41, 5.74) is 0.957. The van der Waals surface area contributed by atoms with Gasteiger partial charge in [0.05, 0.1) is 25.1 Å². The van der Waals surface area contributed by atoms with Gasteiger partial charge in [-0.3, -0.25) is 9.78 Å². The second kappa shape index (κ2) is 7.81. The van der Waals surface area contributed by atoms with Crippen molar-refractivity contribution >= 4 is 5.91 Å². The molecule has 2 heterocycles. The standard InChI is InChI=1S/C14H21N3O3/c1-2-15-9-12-3-4-13(10-16-12)20-11-14(18)17-5-7-19-8-6-17/h3-4,10,15H,2,5-9,11H2,1H3. The van der Waals surface area contributed by atoms with Crippen molar-refractivity contribution < 1.29 is 14.3 Å². The summed E-state index contributed by atoms with van der Waals surface area (Å²) in [5, 5.41) is 3.20. The highest BCUT2D eigenvalue weighted by Crippen LogP contribution is 2.09. The number of amides is 1. The van der Waals surface area contributed by atoms with Crippen molar-refractivity contribution in [3.05, 3.63) is 24.0 Å². The number of carbonyl (C=O) groups is 1. The average molecular weight is 279 g/mol. The van der Waals surface area contributed by atoms with Crippen LogP contribution in [0.25, 0.3) is 0 Å². The molecule has 1 amide bonds. The normalized spacial score (nSPS) is 15.2. The molecule has 1 aliphatic rings. The Labute approximate surface area is 119 Å². The molecule has 1 fully saturated rings. The molecule has 20 heavy (non-hydrogen) atoms. The molecule has 6 nitrogen and oxygen atoms in total. The predicted molar refractivity (Wildman–Crippen MR) is 74.5 cm³/mol. The van der Waals surface area contributed by atoms with Gasteiger partial charge in [-0.05, 0) is 18.7 Å². The molecular formula is C14H21N3O3. The Bertz CT molecular complexity index is 416. The van der Waals surface area contributed by atoms with Gasteiger partial charge in [0.2, 0.25) is 0 Å². The third-order valence-corrected chi connectivity index (χ3v) is 3.08. The fourth-order valence-corrected chi connectivity index (χ4v) is 1.90. The zero-order valence-electron chi connectivity index (χ0n) is 11.8. The lowest BCUT2D eigenvalue weighted by Gasteiger charge is -2.26. The largest absolute Gasteiger partial charge is 0.482 e. The van der Waals surface area contributed by atoms with Crippen LogP contribution < -0.4 is 10.1 Å². The number of hydrogen-bond acceptors (Lipinski definition) is 5. The van der Waals surface area contributed by atoms with E-state index in [0.717, 1.165) is 18.8 Å². The molecule has 6 heteroatoms. The third-order valence-electron chi connectivity index (χ3n) is 3.08. The topological polar surface area (TPSA) is 63.7 Å². The van der Waals surface area contributed by atoms with Crippen LogP contribution in [-0.2, 0) is 16.1 Å². The van der Waals surface area contributed by atoms with Gasteiger partial charge in [0.15, 0.2) is 6.61 Å². The Balaban J connectivity index is 1.76. The molecule has 110 valence electrons. The molecule has 0 aliphatic carbocycles. The molecule has 0 atom stereocenters. The highest BCUT2D eigenvalue weighted by molar-refractivity contribution is 5.77. The number of carbonyl (C=O) groups excluding carboxylic acids is 1. The Morgan fingerprint density at radius 1 is 1.45 bits per heavy atom. The first-order chi connectivity index (χ1) is 9.79. The van der Waals surface area contributed by atoms with Crippen LogP contribution >= 0.6 is 0 Å². The monoisotopic (exact) mass is 279 g/mol. The fourth-order valence-electron chi connectivity index (χ4n) is 1.90. The van der Waals surface area contributed by atoms with Crippen LogP contribution in [-0.4, -0.2) is 55.2 Å². The summed E-state index contributed by atoms with van der Waals surface area (Å²) < 4.78 is 10.7. The second-order valence-electron chi connectivity index (χ2n) is 4.55. The summed E-state index contributed by atoms with van der Waals surface area (Å²) in [6, 6.07) is 3.74. The van der Waals surface area contributed by atoms with E-state index in [4.69, 9.17) is 9.47 Å². The van der Waals surface area contributed by atoms with E-state index in [1.807, 2.05) is 12.1 Å². The second-order valence-corrected chi connectivity index (χ2v) is 4.55. The minimum atomic E-state index is -0.00924. The number of pyridine rings is 1. The van der Waals surface area contributed by atoms with Gasteiger partial charge < -0.3 is 19.7 Å². The van der Waals surface area contributed by atoms with Crippen LogP contribution in [0.15, 0.2) is 18.3 Å². The zero-order chi connectivity index (χ0) is 14.2. The summed E-state index contributed by atoms with van der Waals surface area (Å²) in [6.07, 6.45) is 1.65. The molecule has 0 radical (unpaired) electrons. The van der Waals surface area contributed by atoms with Crippen molar-refractivity contribution in [2.24, 2.45) is 0 Å². The molecule has 1 N–H and O–H groups in total. The van der Waals surface area contributed by atoms with Gasteiger partial charge in [0, 0.05) is 19.6 Å². The number of ether oxygens (including phenoxy) is 2. The first-order valence-electron chi connectivity index (χ1n) is 6.93. The van der Waals surface area contributed by atoms with E-state index in [9.17, 15) is 4.79 Å². The van der Waals surface area contributed by atoms with E-state index in [1.165, 1.54) is 0 Å². The van der Waals surface area contributed by atoms with Crippen molar-refractivity contribution in [2.45, 2.75) is 13.5 Å². The number of nitrogens with one attached hydrogen (secondary N) is 1. The van der Waals surface area contributed by atoms with Crippen LogP contribution in [0.2, 0.25) is 0 Å². The quantitative estimate of drug-likeness (QED) is 0.818. The van der Waals surface area contributed by atoms with E-state index in [2.05, 4.69) is 17.2 Å². The molecule has 0 spiro atoms. The minimum absolute atomic E-state index is 0.00924. The molecule has 1 aliphatic heterocycles. The van der Waals surface area contributed by atoms with Crippen LogP contribution in [0.1, 0.15) is 12.6 Å². The van der Waals surface area contributed by atoms with Gasteiger partial charge in [0.25, 0.3) is 5.91 Å². The summed E-state index contributed by atoms with van der Waals surface area (Å²) in [7, 11) is 0. The van der Waals surface area contributed by atoms with E-state index >= 15 is 0 Å². The van der Waals surface area contributed by atoms with Crippen LogP contribution in [0.4, 0.5) is 0 Å². The summed E-state index contributed by atoms with van der Waals surface area (Å²) in [5.74, 6) is 0.608. The lowest BCUT2D eigenvalue weighted by atomic mass is 10.3. The molecular weight excluding hydrogens is 258 g/mol. The van der Waals surface area contributed by atoms with Gasteiger partial charge in [0.1, 0.15) is 5.75 Å². The molecule has 0 aromatic carbocycles. The highest BCUT2D eigenvalue weighted by Gasteiger charge is 2.17. The summed E-state index contributed by atoms with van der Waals surface area (Å²) in [6.45, 7) is 6.24. The maximum absolute atomic E-state index is 11.9. The van der Waals surface area contributed by atoms with Crippen molar-refractivity contribution in [1.29, 1.82) is 0 Å². The zero-order valence-corrected chi connectivity index (χ0v) is 11.8. The predicted octanol–water partition coefficient (Wildman–Crippen LogP) is 0.429. The Morgan fingerprint density at radius 2 is 2.25 bits per heavy atom. The molecule has 0 unspecified atom stereocenters. The van der Waals surface area contributed by atoms with Gasteiger partial charge in [-0.1, -0.05) is 6.92 Å². The molecule has 0 bridgehead atoms. The van der Waals surface area contributed by atoms with E-state index in [0.29, 0.717) is 32.1 Å². The number of nitrogens with zero attached hydrogens (tertiary/aromatic N) is 2. The van der Waals surface area contributed by atoms with Gasteiger partial charge in [-0.15, -0.1) is 0 Å². The lowest BCUT2D eigenvalue weighted by Crippen LogP contribution is -2.42. The highest BCUT2D eigenvalue weighted by atomic mass is 16.5. The fraction of sp³-hybridized carbons (Fsp3) is 0.571. The van der Waals surface area contributed by atoms with E-state index in [1.54, 1.807) is 11.1 Å². The van der Waals surface area contributed by atoms with Gasteiger partial charge in [-0.2, -0.15) is 0 Å². The Hall–Kier alpha value is -1.66. The van der Waals surface area contributed by atoms with E-state index in [-0.39, 0.29) is 12.5 Å². The molecule has 0 saturated carbocycles. The molecule has 1 aromatic rings. The van der Waals surface area contributed by atoms with Crippen molar-refractivity contribution in [3.8, 4) is 5.75 Å². The van der Waals surface area contributed by atoms with Gasteiger partial charge >= 0.3 is 0 Å². The van der Waals surface area contributed by atoms with Crippen molar-refractivity contribution in [3.63, 3.8) is 0 Å². The summed E-state index contributed by atoms with van der Waals surface area (Å²) in [4.78, 5) is 17.9. The Kier molecular flexibility index (Phi) is 5.76. The maximum Gasteiger partial charge on any atom is 0.260 e. The van der Waals surface area contributed by atoms with Crippen LogP contribution in [0.3, 0.4) is 0 Å². The third kappa shape index (κ3) is 4.47. The minimum Gasteiger partial charge on any atom is -0.482 e. The van der Waals surface area contributed by atoms with E-state index < -0.39 is 0 Å². The number of aromatic nitrogens is 1. The number of rotatable bonds is 6. The van der Waals surface area contributed by atoms with Crippen LogP contribution in [0.5, 0.6) is 5.75 Å². The van der Waals surface area contributed by atoms with Gasteiger partial charge in [-0.25, -0.2) is 0 Å². The first-order valence-corrected chi connectivity index (χ1v) is 6.93.